The molecular formula is C19H21NO5S. The Morgan fingerprint density at radius 1 is 1.12 bits per heavy atom. The van der Waals surface area contributed by atoms with Crippen molar-refractivity contribution in [3.8, 4) is 5.75 Å². The first-order chi connectivity index (χ1) is 12.2. The third-order valence-corrected chi connectivity index (χ3v) is 4.92. The van der Waals surface area contributed by atoms with Crippen molar-refractivity contribution in [3.05, 3.63) is 59.7 Å². The monoisotopic (exact) mass is 375 g/mol. The Hall–Kier alpha value is -2.67. The van der Waals surface area contributed by atoms with E-state index in [1.807, 2.05) is 0 Å². The van der Waals surface area contributed by atoms with Gasteiger partial charge in [0, 0.05) is 11.8 Å². The average Bonchev–Trinajstić information content (AvgIpc) is 2.59. The van der Waals surface area contributed by atoms with Crippen LogP contribution in [0.2, 0.25) is 0 Å². The van der Waals surface area contributed by atoms with Gasteiger partial charge in [-0.05, 0) is 43.7 Å². The highest BCUT2D eigenvalue weighted by atomic mass is 32.2. The van der Waals surface area contributed by atoms with E-state index in [1.54, 1.807) is 43.3 Å². The first-order valence-electron chi connectivity index (χ1n) is 8.00. The minimum absolute atomic E-state index is 0.0777. The molecule has 1 amide bonds. The molecule has 0 fully saturated rings. The molecule has 0 aliphatic rings. The Labute approximate surface area is 153 Å². The second-order valence-corrected chi connectivity index (χ2v) is 8.02. The van der Waals surface area contributed by atoms with Crippen LogP contribution in [-0.2, 0) is 14.6 Å². The maximum absolute atomic E-state index is 12.0. The SMILES string of the molecule is CC(=O)c1cccc(OCC(=O)NC(C)c2ccc(S(C)(=O)=O)cc2)c1. The van der Waals surface area contributed by atoms with Crippen LogP contribution in [-0.4, -0.2) is 33.0 Å². The first-order valence-corrected chi connectivity index (χ1v) is 9.89. The average molecular weight is 375 g/mol. The summed E-state index contributed by atoms with van der Waals surface area (Å²) in [7, 11) is -3.25. The number of Topliss-reactive ketones (excluding diaryl/α,β-unsaturated/α-hetero) is 1. The number of benzene rings is 2. The maximum atomic E-state index is 12.0. The molecule has 0 bridgehead atoms. The highest BCUT2D eigenvalue weighted by Crippen LogP contribution is 2.17. The minimum atomic E-state index is -3.25. The number of ether oxygens (including phenoxy) is 1. The molecule has 138 valence electrons. The van der Waals surface area contributed by atoms with Gasteiger partial charge >= 0.3 is 0 Å². The van der Waals surface area contributed by atoms with Gasteiger partial charge in [-0.1, -0.05) is 24.3 Å². The molecule has 26 heavy (non-hydrogen) atoms. The number of rotatable bonds is 7. The lowest BCUT2D eigenvalue weighted by Gasteiger charge is -2.15. The van der Waals surface area contributed by atoms with Crippen molar-refractivity contribution in [2.75, 3.05) is 12.9 Å². The number of carbonyl (C=O) groups is 2. The normalized spacial score (nSPS) is 12.3. The van der Waals surface area contributed by atoms with Crippen molar-refractivity contribution in [1.29, 1.82) is 0 Å². The summed E-state index contributed by atoms with van der Waals surface area (Å²) in [5, 5.41) is 2.78. The van der Waals surface area contributed by atoms with Gasteiger partial charge in [-0.25, -0.2) is 8.42 Å². The Balaban J connectivity index is 1.93. The van der Waals surface area contributed by atoms with Crippen molar-refractivity contribution in [1.82, 2.24) is 5.32 Å². The molecule has 0 aromatic heterocycles. The molecule has 1 N–H and O–H groups in total. The lowest BCUT2D eigenvalue weighted by atomic mass is 10.1. The third kappa shape index (κ3) is 5.42. The molecule has 0 aliphatic carbocycles. The zero-order valence-corrected chi connectivity index (χ0v) is 15.7. The van der Waals surface area contributed by atoms with E-state index in [4.69, 9.17) is 4.74 Å². The molecule has 6 nitrogen and oxygen atoms in total. The maximum Gasteiger partial charge on any atom is 0.258 e. The molecule has 2 rings (SSSR count). The zero-order chi connectivity index (χ0) is 19.3. The summed E-state index contributed by atoms with van der Waals surface area (Å²) in [4.78, 5) is 23.6. The highest BCUT2D eigenvalue weighted by Gasteiger charge is 2.12. The van der Waals surface area contributed by atoms with Crippen LogP contribution < -0.4 is 10.1 Å². The van der Waals surface area contributed by atoms with Crippen LogP contribution in [0.3, 0.4) is 0 Å². The lowest BCUT2D eigenvalue weighted by molar-refractivity contribution is -0.123. The van der Waals surface area contributed by atoms with E-state index in [9.17, 15) is 18.0 Å². The molecule has 0 saturated heterocycles. The second kappa shape index (κ2) is 8.14. The van der Waals surface area contributed by atoms with E-state index < -0.39 is 9.84 Å². The van der Waals surface area contributed by atoms with E-state index in [1.165, 1.54) is 19.1 Å². The lowest BCUT2D eigenvalue weighted by Crippen LogP contribution is -2.31. The molecule has 0 saturated carbocycles. The molecule has 1 atom stereocenters. The quantitative estimate of drug-likeness (QED) is 0.751. The number of sulfone groups is 1. The number of ketones is 1. The molecule has 7 heteroatoms. The van der Waals surface area contributed by atoms with Crippen LogP contribution in [0, 0.1) is 0 Å². The van der Waals surface area contributed by atoms with Gasteiger partial charge < -0.3 is 10.1 Å². The van der Waals surface area contributed by atoms with Gasteiger partial charge in [0.25, 0.3) is 5.91 Å². The van der Waals surface area contributed by atoms with Crippen molar-refractivity contribution < 1.29 is 22.7 Å². The first kappa shape index (κ1) is 19.7. The largest absolute Gasteiger partial charge is 0.484 e. The van der Waals surface area contributed by atoms with Crippen LogP contribution >= 0.6 is 0 Å². The van der Waals surface area contributed by atoms with E-state index in [0.717, 1.165) is 11.8 Å². The van der Waals surface area contributed by atoms with Gasteiger partial charge in [-0.15, -0.1) is 0 Å². The number of amides is 1. The van der Waals surface area contributed by atoms with Crippen molar-refractivity contribution >= 4 is 21.5 Å². The van der Waals surface area contributed by atoms with E-state index in [0.29, 0.717) is 11.3 Å². The molecule has 2 aromatic rings. The van der Waals surface area contributed by atoms with E-state index in [2.05, 4.69) is 5.32 Å². The second-order valence-electron chi connectivity index (χ2n) is 6.00. The van der Waals surface area contributed by atoms with Crippen molar-refractivity contribution in [2.45, 2.75) is 24.8 Å². The molecule has 0 radical (unpaired) electrons. The topological polar surface area (TPSA) is 89.5 Å². The van der Waals surface area contributed by atoms with Gasteiger partial charge in [-0.3, -0.25) is 9.59 Å². The number of nitrogens with one attached hydrogen (secondary N) is 1. The minimum Gasteiger partial charge on any atom is -0.484 e. The van der Waals surface area contributed by atoms with E-state index >= 15 is 0 Å². The fourth-order valence-corrected chi connectivity index (χ4v) is 2.95. The summed E-state index contributed by atoms with van der Waals surface area (Å²) in [6.07, 6.45) is 1.14. The van der Waals surface area contributed by atoms with Gasteiger partial charge in [-0.2, -0.15) is 0 Å². The fourth-order valence-electron chi connectivity index (χ4n) is 2.32. The fraction of sp³-hybridized carbons (Fsp3) is 0.263. The number of hydrogen-bond acceptors (Lipinski definition) is 5. The summed E-state index contributed by atoms with van der Waals surface area (Å²) < 4.78 is 28.4. The molecule has 0 aliphatic heterocycles. The predicted molar refractivity (Wildman–Crippen MR) is 98.1 cm³/mol. The molecule has 1 unspecified atom stereocenters. The Morgan fingerprint density at radius 3 is 2.35 bits per heavy atom. The van der Waals surface area contributed by atoms with Crippen molar-refractivity contribution in [2.24, 2.45) is 0 Å². The number of hydrogen-bond donors (Lipinski definition) is 1. The van der Waals surface area contributed by atoms with Gasteiger partial charge in [0.05, 0.1) is 10.9 Å². The summed E-state index contributed by atoms with van der Waals surface area (Å²) in [6.45, 7) is 3.07. The third-order valence-electron chi connectivity index (χ3n) is 3.80. The van der Waals surface area contributed by atoms with Gasteiger partial charge in [0.2, 0.25) is 0 Å². The molecule has 0 heterocycles. The summed E-state index contributed by atoms with van der Waals surface area (Å²) >= 11 is 0. The van der Waals surface area contributed by atoms with Crippen molar-refractivity contribution in [3.63, 3.8) is 0 Å². The standard InChI is InChI=1S/C19H21NO5S/c1-13(15-7-9-18(10-8-15)26(3,23)24)20-19(22)12-25-17-6-4-5-16(11-17)14(2)21/h4-11,13H,12H2,1-3H3,(H,20,22). The van der Waals surface area contributed by atoms with Crippen LogP contribution in [0.5, 0.6) is 5.75 Å². The molecular weight excluding hydrogens is 354 g/mol. The summed E-state index contributed by atoms with van der Waals surface area (Å²) in [5.41, 5.74) is 1.30. The Kier molecular flexibility index (Phi) is 6.15. The van der Waals surface area contributed by atoms with Gasteiger partial charge in [0.15, 0.2) is 22.2 Å². The van der Waals surface area contributed by atoms with Gasteiger partial charge in [0.1, 0.15) is 5.75 Å². The number of carbonyl (C=O) groups excluding carboxylic acids is 2. The smallest absolute Gasteiger partial charge is 0.258 e. The summed E-state index contributed by atoms with van der Waals surface area (Å²) in [6, 6.07) is 12.7. The predicted octanol–water partition coefficient (Wildman–Crippen LogP) is 2.55. The molecule has 0 spiro atoms. The zero-order valence-electron chi connectivity index (χ0n) is 14.9. The Morgan fingerprint density at radius 2 is 1.77 bits per heavy atom. The van der Waals surface area contributed by atoms with Crippen LogP contribution in [0.15, 0.2) is 53.4 Å². The van der Waals surface area contributed by atoms with E-state index in [-0.39, 0.29) is 29.2 Å². The van der Waals surface area contributed by atoms with Crippen LogP contribution in [0.1, 0.15) is 35.8 Å². The van der Waals surface area contributed by atoms with Crippen LogP contribution in [0.4, 0.5) is 0 Å². The summed E-state index contributed by atoms with van der Waals surface area (Å²) in [5.74, 6) is 0.0435. The van der Waals surface area contributed by atoms with Crippen LogP contribution in [0.25, 0.3) is 0 Å². The Bertz CT molecular complexity index is 904. The molecule has 2 aromatic carbocycles. The highest BCUT2D eigenvalue weighted by molar-refractivity contribution is 7.90.